The topological polar surface area (TPSA) is 157 Å². The highest BCUT2D eigenvalue weighted by atomic mass is 16.2. The van der Waals surface area contributed by atoms with Gasteiger partial charge in [-0.1, -0.05) is 59.8 Å². The molecule has 1 unspecified atom stereocenters. The first kappa shape index (κ1) is 37.3. The monoisotopic (exact) mass is 646 g/mol. The second-order valence-electron chi connectivity index (χ2n) is 14.3. The summed E-state index contributed by atoms with van der Waals surface area (Å²) in [6, 6.07) is -3.35. The number of hydrogen-bond donors (Lipinski definition) is 4. The van der Waals surface area contributed by atoms with E-state index in [0.717, 1.165) is 51.4 Å². The first-order chi connectivity index (χ1) is 21.9. The fourth-order valence-electron chi connectivity index (χ4n) is 6.83. The largest absolute Gasteiger partial charge is 0.350 e. The Kier molecular flexibility index (Phi) is 14.3. The average molecular weight is 647 g/mol. The molecule has 2 aliphatic heterocycles. The molecule has 2 heterocycles. The lowest BCUT2D eigenvalue weighted by atomic mass is 9.83. The van der Waals surface area contributed by atoms with E-state index < -0.39 is 41.8 Å². The molecule has 2 saturated heterocycles. The second kappa shape index (κ2) is 17.7. The molecule has 12 nitrogen and oxygen atoms in total. The summed E-state index contributed by atoms with van der Waals surface area (Å²) in [4.78, 5) is 82.5. The molecule has 3 fully saturated rings. The van der Waals surface area contributed by atoms with Crippen LogP contribution in [0.4, 0.5) is 4.79 Å². The zero-order chi connectivity index (χ0) is 33.9. The Morgan fingerprint density at radius 2 is 1.59 bits per heavy atom. The van der Waals surface area contributed by atoms with Crippen molar-refractivity contribution in [2.45, 2.75) is 142 Å². The van der Waals surface area contributed by atoms with Crippen LogP contribution < -0.4 is 21.3 Å². The maximum atomic E-state index is 14.2. The van der Waals surface area contributed by atoms with Gasteiger partial charge >= 0.3 is 6.03 Å². The Morgan fingerprint density at radius 3 is 2.22 bits per heavy atom. The van der Waals surface area contributed by atoms with Gasteiger partial charge in [0.25, 0.3) is 5.91 Å². The molecule has 0 aromatic rings. The van der Waals surface area contributed by atoms with E-state index in [-0.39, 0.29) is 29.2 Å². The number of rotatable bonds is 14. The first-order valence-electron chi connectivity index (χ1n) is 17.6. The van der Waals surface area contributed by atoms with Gasteiger partial charge in [0.2, 0.25) is 23.5 Å². The average Bonchev–Trinajstić information content (AvgIpc) is 3.52. The van der Waals surface area contributed by atoms with E-state index in [1.54, 1.807) is 11.8 Å². The Morgan fingerprint density at radius 1 is 0.870 bits per heavy atom. The Hall–Kier alpha value is -3.18. The van der Waals surface area contributed by atoms with Crippen molar-refractivity contribution >= 4 is 35.4 Å². The molecule has 0 bridgehead atoms. The van der Waals surface area contributed by atoms with Gasteiger partial charge in [-0.15, -0.1) is 0 Å². The van der Waals surface area contributed by atoms with E-state index in [1.165, 1.54) is 0 Å². The summed E-state index contributed by atoms with van der Waals surface area (Å²) in [5.74, 6) is -2.12. The number of carbonyl (C=O) groups is 6. The first-order valence-corrected chi connectivity index (χ1v) is 17.6. The maximum absolute atomic E-state index is 14.2. The lowest BCUT2D eigenvalue weighted by Gasteiger charge is -2.38. The number of likely N-dealkylation sites (tertiary alicyclic amines) is 2. The third-order valence-electron chi connectivity index (χ3n) is 9.73. The molecule has 3 rings (SSSR count). The van der Waals surface area contributed by atoms with Crippen molar-refractivity contribution in [3.05, 3.63) is 0 Å². The van der Waals surface area contributed by atoms with Crippen LogP contribution in [0.25, 0.3) is 0 Å². The van der Waals surface area contributed by atoms with Crippen molar-refractivity contribution in [1.82, 2.24) is 31.1 Å². The van der Waals surface area contributed by atoms with Crippen LogP contribution in [0.3, 0.4) is 0 Å². The molecular weight excluding hydrogens is 588 g/mol. The van der Waals surface area contributed by atoms with Gasteiger partial charge in [-0.25, -0.2) is 4.79 Å². The van der Waals surface area contributed by atoms with E-state index in [2.05, 4.69) is 21.3 Å². The van der Waals surface area contributed by atoms with Crippen LogP contribution in [0.15, 0.2) is 0 Å². The van der Waals surface area contributed by atoms with Crippen LogP contribution >= 0.6 is 0 Å². The second-order valence-corrected chi connectivity index (χ2v) is 14.3. The maximum Gasteiger partial charge on any atom is 0.315 e. The number of hydrogen-bond acceptors (Lipinski definition) is 6. The standard InChI is InChI=1S/C34H58N6O6/c1-6-8-17-24(29(42)31(44)35-7-2)36-30(43)25-18-14-21-40(25)32(45)28(23-15-10-9-11-16-23)38-33(46)37-26(34(3,4)5)22-39-20-13-12-19-27(39)41/h23-26,28H,6-22H2,1-5H3,(H,35,44)(H,36,43)(H2,37,38,46)/t24?,25-,26+,28-/m0/s1. The summed E-state index contributed by atoms with van der Waals surface area (Å²) < 4.78 is 0. The van der Waals surface area contributed by atoms with Crippen molar-refractivity contribution < 1.29 is 28.8 Å². The summed E-state index contributed by atoms with van der Waals surface area (Å²) in [6.07, 6.45) is 9.79. The molecule has 0 radical (unpaired) electrons. The SMILES string of the molecule is CCCCC(NC(=O)[C@@H]1CCCN1C(=O)[C@@H](NC(=O)N[C@H](CN1CCCCC1=O)C(C)(C)C)C1CCCCC1)C(=O)C(=O)NCC. The number of ketones is 1. The quantitative estimate of drug-likeness (QED) is 0.213. The highest BCUT2D eigenvalue weighted by Gasteiger charge is 2.42. The minimum absolute atomic E-state index is 0.0651. The van der Waals surface area contributed by atoms with Crippen LogP contribution in [0.5, 0.6) is 0 Å². The van der Waals surface area contributed by atoms with Crippen LogP contribution in [-0.2, 0) is 24.0 Å². The molecule has 0 aromatic carbocycles. The molecule has 1 saturated carbocycles. The lowest BCUT2D eigenvalue weighted by Crippen LogP contribution is -2.61. The molecule has 12 heteroatoms. The van der Waals surface area contributed by atoms with Crippen LogP contribution in [0, 0.1) is 11.3 Å². The van der Waals surface area contributed by atoms with Gasteiger partial charge in [0.05, 0.1) is 12.1 Å². The van der Waals surface area contributed by atoms with E-state index in [4.69, 9.17) is 0 Å². The minimum atomic E-state index is -0.962. The molecular formula is C34H58N6O6. The van der Waals surface area contributed by atoms with Gasteiger partial charge in [0.15, 0.2) is 0 Å². The van der Waals surface area contributed by atoms with E-state index >= 15 is 0 Å². The van der Waals surface area contributed by atoms with Crippen molar-refractivity contribution in [1.29, 1.82) is 0 Å². The number of carbonyl (C=O) groups excluding carboxylic acids is 6. The Labute approximate surface area is 274 Å². The lowest BCUT2D eigenvalue weighted by molar-refractivity contribution is -0.143. The molecule has 4 atom stereocenters. The molecule has 6 amide bonds. The summed E-state index contributed by atoms with van der Waals surface area (Å²) >= 11 is 0. The number of unbranched alkanes of at least 4 members (excludes halogenated alkanes) is 1. The van der Waals surface area contributed by atoms with Crippen molar-refractivity contribution in [3.63, 3.8) is 0 Å². The predicted molar refractivity (Wildman–Crippen MR) is 176 cm³/mol. The van der Waals surface area contributed by atoms with Crippen LogP contribution in [0.1, 0.15) is 118 Å². The predicted octanol–water partition coefficient (Wildman–Crippen LogP) is 3.03. The number of amides is 6. The van der Waals surface area contributed by atoms with E-state index in [9.17, 15) is 28.8 Å². The zero-order valence-corrected chi connectivity index (χ0v) is 28.8. The molecule has 0 aromatic heterocycles. The van der Waals surface area contributed by atoms with Crippen LogP contribution in [0.2, 0.25) is 0 Å². The van der Waals surface area contributed by atoms with Crippen molar-refractivity contribution in [3.8, 4) is 0 Å². The van der Waals surface area contributed by atoms with Gasteiger partial charge in [-0.2, -0.15) is 0 Å². The third-order valence-corrected chi connectivity index (χ3v) is 9.73. The number of nitrogens with zero attached hydrogens (tertiary/aromatic N) is 2. The van der Waals surface area contributed by atoms with Crippen LogP contribution in [-0.4, -0.2) is 95.6 Å². The summed E-state index contributed by atoms with van der Waals surface area (Å²) in [7, 11) is 0. The number of likely N-dealkylation sites (N-methyl/N-ethyl adjacent to an activating group) is 1. The molecule has 46 heavy (non-hydrogen) atoms. The normalized spacial score (nSPS) is 21.2. The Bertz CT molecular complexity index is 1080. The smallest absolute Gasteiger partial charge is 0.315 e. The highest BCUT2D eigenvalue weighted by Crippen LogP contribution is 2.30. The number of urea groups is 1. The molecule has 260 valence electrons. The minimum Gasteiger partial charge on any atom is -0.350 e. The highest BCUT2D eigenvalue weighted by molar-refractivity contribution is 6.38. The molecule has 3 aliphatic rings. The van der Waals surface area contributed by atoms with E-state index in [0.29, 0.717) is 58.3 Å². The Balaban J connectivity index is 1.76. The third kappa shape index (κ3) is 10.4. The number of Topliss-reactive ketones (excluding diaryl/α,β-unsaturated/α-hetero) is 1. The summed E-state index contributed by atoms with van der Waals surface area (Å²) in [5.41, 5.74) is -0.336. The van der Waals surface area contributed by atoms with Gasteiger partial charge in [-0.3, -0.25) is 24.0 Å². The van der Waals surface area contributed by atoms with Gasteiger partial charge in [0, 0.05) is 32.6 Å². The van der Waals surface area contributed by atoms with Crippen molar-refractivity contribution in [2.24, 2.45) is 11.3 Å². The van der Waals surface area contributed by atoms with Crippen molar-refractivity contribution in [2.75, 3.05) is 26.2 Å². The fourth-order valence-corrected chi connectivity index (χ4v) is 6.83. The van der Waals surface area contributed by atoms with Gasteiger partial charge in [0.1, 0.15) is 12.1 Å². The fraction of sp³-hybridized carbons (Fsp3) is 0.824. The molecule has 1 aliphatic carbocycles. The van der Waals surface area contributed by atoms with Gasteiger partial charge in [-0.05, 0) is 63.2 Å². The molecule has 0 spiro atoms. The van der Waals surface area contributed by atoms with Gasteiger partial charge < -0.3 is 31.1 Å². The van der Waals surface area contributed by atoms with E-state index in [1.807, 2.05) is 32.6 Å². The number of nitrogens with one attached hydrogen (secondary N) is 4. The molecule has 4 N–H and O–H groups in total. The zero-order valence-electron chi connectivity index (χ0n) is 28.8. The summed E-state index contributed by atoms with van der Waals surface area (Å²) in [5, 5.41) is 11.4. The number of piperidine rings is 1. The summed E-state index contributed by atoms with van der Waals surface area (Å²) in [6.45, 7) is 11.5.